The van der Waals surface area contributed by atoms with E-state index in [0.717, 1.165) is 0 Å². The first-order valence-electron chi connectivity index (χ1n) is 3.78. The molecule has 0 N–H and O–H groups in total. The van der Waals surface area contributed by atoms with Crippen molar-refractivity contribution in [1.29, 1.82) is 0 Å². The molecule has 0 aliphatic heterocycles. The summed E-state index contributed by atoms with van der Waals surface area (Å²) in [6.45, 7) is 0. The third kappa shape index (κ3) is 0.765. The third-order valence-corrected chi connectivity index (χ3v) is 3.90. The summed E-state index contributed by atoms with van der Waals surface area (Å²) in [6, 6.07) is 8.79. The molecule has 2 aromatic heterocycles. The first kappa shape index (κ1) is 6.63. The van der Waals surface area contributed by atoms with Crippen molar-refractivity contribution in [3.05, 3.63) is 35.0 Å². The van der Waals surface area contributed by atoms with Crippen LogP contribution in [0.3, 0.4) is 0 Å². The molecule has 0 fully saturated rings. The maximum atomic E-state index is 2.21. The fourth-order valence-corrected chi connectivity index (χ4v) is 3.26. The molecule has 2 heterocycles. The fraction of sp³-hybridized carbons (Fsp3) is 0. The smallest absolute Gasteiger partial charge is 0.0429 e. The van der Waals surface area contributed by atoms with Crippen LogP contribution >= 0.6 is 22.7 Å². The van der Waals surface area contributed by atoms with Crippen LogP contribution in [0.4, 0.5) is 0 Å². The number of rotatable bonds is 0. The molecule has 0 unspecified atom stereocenters. The Morgan fingerprint density at radius 1 is 0.833 bits per heavy atom. The molecule has 1 aromatic carbocycles. The summed E-state index contributed by atoms with van der Waals surface area (Å²) in [5.74, 6) is 0. The first-order valence-corrected chi connectivity index (χ1v) is 5.54. The van der Waals surface area contributed by atoms with Crippen LogP contribution in [0.25, 0.3) is 20.2 Å². The highest BCUT2D eigenvalue weighted by Crippen LogP contribution is 2.32. The standard InChI is InChI=1S/C10H6S2/c1-2-9-8(4-6-11-9)10-7(1)3-5-12-10/h1-6H. The summed E-state index contributed by atoms with van der Waals surface area (Å²) in [5, 5.41) is 7.09. The van der Waals surface area contributed by atoms with Crippen LogP contribution < -0.4 is 0 Å². The molecule has 0 atom stereocenters. The molecule has 2 heteroatoms. The average molecular weight is 190 g/mol. The van der Waals surface area contributed by atoms with E-state index in [0.29, 0.717) is 0 Å². The van der Waals surface area contributed by atoms with Crippen LogP contribution in [-0.2, 0) is 0 Å². The van der Waals surface area contributed by atoms with Crippen molar-refractivity contribution in [2.24, 2.45) is 0 Å². The van der Waals surface area contributed by atoms with E-state index in [9.17, 15) is 0 Å². The molecule has 0 aliphatic carbocycles. The van der Waals surface area contributed by atoms with E-state index in [2.05, 4.69) is 35.0 Å². The van der Waals surface area contributed by atoms with Crippen molar-refractivity contribution in [3.63, 3.8) is 0 Å². The minimum atomic E-state index is 1.37. The Morgan fingerprint density at radius 3 is 2.75 bits per heavy atom. The Morgan fingerprint density at radius 2 is 1.75 bits per heavy atom. The van der Waals surface area contributed by atoms with Crippen LogP contribution in [0, 0.1) is 0 Å². The zero-order chi connectivity index (χ0) is 7.97. The number of hydrogen-bond donors (Lipinski definition) is 0. The summed E-state index contributed by atoms with van der Waals surface area (Å²) in [5.41, 5.74) is 0. The summed E-state index contributed by atoms with van der Waals surface area (Å²) in [4.78, 5) is 0. The molecule has 0 bridgehead atoms. The molecule has 3 rings (SSSR count). The van der Waals surface area contributed by atoms with E-state index in [1.54, 1.807) is 0 Å². The molecular weight excluding hydrogens is 184 g/mol. The summed E-state index contributed by atoms with van der Waals surface area (Å²) in [6.07, 6.45) is 0. The molecule has 58 valence electrons. The predicted molar refractivity (Wildman–Crippen MR) is 57.2 cm³/mol. The molecule has 0 nitrogen and oxygen atoms in total. The lowest BCUT2D eigenvalue weighted by Gasteiger charge is -1.90. The molecule has 0 aliphatic rings. The molecule has 0 amide bonds. The van der Waals surface area contributed by atoms with Gasteiger partial charge < -0.3 is 0 Å². The van der Waals surface area contributed by atoms with Crippen LogP contribution in [0.15, 0.2) is 35.0 Å². The Kier molecular flexibility index (Phi) is 1.28. The summed E-state index contributed by atoms with van der Waals surface area (Å²) >= 11 is 3.64. The highest BCUT2D eigenvalue weighted by molar-refractivity contribution is 7.21. The van der Waals surface area contributed by atoms with Crippen molar-refractivity contribution in [2.45, 2.75) is 0 Å². The fourth-order valence-electron chi connectivity index (χ4n) is 1.47. The number of thiophene rings is 2. The molecule has 0 spiro atoms. The van der Waals surface area contributed by atoms with Crippen molar-refractivity contribution >= 4 is 42.8 Å². The van der Waals surface area contributed by atoms with Gasteiger partial charge >= 0.3 is 0 Å². The maximum absolute atomic E-state index is 2.21. The molecular formula is C10H6S2. The van der Waals surface area contributed by atoms with Crippen molar-refractivity contribution < 1.29 is 0 Å². The third-order valence-electron chi connectivity index (χ3n) is 2.05. The lowest BCUT2D eigenvalue weighted by Crippen LogP contribution is -1.62. The number of benzene rings is 1. The largest absolute Gasteiger partial charge is 0.144 e. The van der Waals surface area contributed by atoms with E-state index in [1.807, 2.05) is 22.7 Å². The second kappa shape index (κ2) is 2.31. The number of hydrogen-bond acceptors (Lipinski definition) is 2. The average Bonchev–Trinajstić information content (AvgIpc) is 2.71. The van der Waals surface area contributed by atoms with Crippen LogP contribution in [0.1, 0.15) is 0 Å². The lowest BCUT2D eigenvalue weighted by atomic mass is 10.2. The van der Waals surface area contributed by atoms with Gasteiger partial charge in [-0.2, -0.15) is 0 Å². The predicted octanol–water partition coefficient (Wildman–Crippen LogP) is 4.12. The van der Waals surface area contributed by atoms with Crippen molar-refractivity contribution in [2.75, 3.05) is 0 Å². The van der Waals surface area contributed by atoms with Gasteiger partial charge in [-0.1, -0.05) is 6.07 Å². The lowest BCUT2D eigenvalue weighted by molar-refractivity contribution is 2.00. The Bertz CT molecular complexity index is 481. The minimum absolute atomic E-state index is 1.37. The van der Waals surface area contributed by atoms with Gasteiger partial charge in [0.25, 0.3) is 0 Å². The van der Waals surface area contributed by atoms with Gasteiger partial charge in [0.15, 0.2) is 0 Å². The van der Waals surface area contributed by atoms with E-state index in [4.69, 9.17) is 0 Å². The van der Waals surface area contributed by atoms with Crippen molar-refractivity contribution in [3.8, 4) is 0 Å². The SMILES string of the molecule is c1cc2c(ccc3ccsc32)s1. The van der Waals surface area contributed by atoms with Gasteiger partial charge in [-0.3, -0.25) is 0 Å². The van der Waals surface area contributed by atoms with Gasteiger partial charge in [-0.05, 0) is 34.3 Å². The first-order chi connectivity index (χ1) is 5.95. The van der Waals surface area contributed by atoms with Gasteiger partial charge in [0.1, 0.15) is 0 Å². The quantitative estimate of drug-likeness (QED) is 0.500. The van der Waals surface area contributed by atoms with Gasteiger partial charge in [-0.25, -0.2) is 0 Å². The number of fused-ring (bicyclic) bond motifs is 3. The Labute approximate surface area is 78.1 Å². The normalized spacial score (nSPS) is 11.3. The molecule has 0 saturated heterocycles. The van der Waals surface area contributed by atoms with Crippen LogP contribution in [0.2, 0.25) is 0 Å². The van der Waals surface area contributed by atoms with E-state index < -0.39 is 0 Å². The van der Waals surface area contributed by atoms with Crippen molar-refractivity contribution in [1.82, 2.24) is 0 Å². The Balaban J connectivity index is 2.71. The molecule has 3 aromatic rings. The van der Waals surface area contributed by atoms with E-state index in [1.165, 1.54) is 20.2 Å². The second-order valence-corrected chi connectivity index (χ2v) is 4.60. The zero-order valence-electron chi connectivity index (χ0n) is 6.28. The van der Waals surface area contributed by atoms with Gasteiger partial charge in [-0.15, -0.1) is 22.7 Å². The molecule has 0 radical (unpaired) electrons. The van der Waals surface area contributed by atoms with E-state index in [-0.39, 0.29) is 0 Å². The van der Waals surface area contributed by atoms with Gasteiger partial charge in [0.05, 0.1) is 0 Å². The highest BCUT2D eigenvalue weighted by atomic mass is 32.1. The summed E-state index contributed by atoms with van der Waals surface area (Å²) < 4.78 is 2.82. The highest BCUT2D eigenvalue weighted by Gasteiger charge is 2.00. The summed E-state index contributed by atoms with van der Waals surface area (Å²) in [7, 11) is 0. The monoisotopic (exact) mass is 190 g/mol. The van der Waals surface area contributed by atoms with E-state index >= 15 is 0 Å². The van der Waals surface area contributed by atoms with Gasteiger partial charge in [0, 0.05) is 14.8 Å². The molecule has 0 saturated carbocycles. The zero-order valence-corrected chi connectivity index (χ0v) is 7.91. The maximum Gasteiger partial charge on any atom is 0.0429 e. The Hall–Kier alpha value is -0.860. The van der Waals surface area contributed by atoms with Crippen LogP contribution in [-0.4, -0.2) is 0 Å². The molecule has 12 heavy (non-hydrogen) atoms. The topological polar surface area (TPSA) is 0 Å². The van der Waals surface area contributed by atoms with Gasteiger partial charge in [0.2, 0.25) is 0 Å². The second-order valence-electron chi connectivity index (χ2n) is 2.74. The minimum Gasteiger partial charge on any atom is -0.144 e. The van der Waals surface area contributed by atoms with Crippen LogP contribution in [0.5, 0.6) is 0 Å².